The summed E-state index contributed by atoms with van der Waals surface area (Å²) in [6.07, 6.45) is 8.70. The number of fused-ring (bicyclic) bond motifs is 1. The number of likely N-dealkylation sites (tertiary alicyclic amines) is 1. The lowest BCUT2D eigenvalue weighted by molar-refractivity contribution is -0.137. The summed E-state index contributed by atoms with van der Waals surface area (Å²) in [7, 11) is 4.07. The topological polar surface area (TPSA) is 120 Å². The van der Waals surface area contributed by atoms with Gasteiger partial charge in [-0.1, -0.05) is 17.7 Å². The minimum atomic E-state index is -0.337. The molecule has 1 N–H and O–H groups in total. The highest BCUT2D eigenvalue weighted by Crippen LogP contribution is 2.46. The Morgan fingerprint density at radius 3 is 2.26 bits per heavy atom. The van der Waals surface area contributed by atoms with E-state index in [0.717, 1.165) is 87.4 Å². The van der Waals surface area contributed by atoms with E-state index in [-0.39, 0.29) is 17.9 Å². The van der Waals surface area contributed by atoms with Crippen molar-refractivity contribution in [3.05, 3.63) is 93.0 Å². The molecule has 0 aliphatic carbocycles. The highest BCUT2D eigenvalue weighted by Gasteiger charge is 2.44. The standard InChI is InChI=1S/C23H24ClN3O.C23H32N4O3/c1-17-13-23(16-27(17)21-7-4-19(14-25)22(24)12-21)8-10-26(11-9-23)20-5-2-18(15-28)3-6-20;1-25-7-5-16(6-8-25)11-27-13-18-9-17(20(15-28)10-19(18)14-27)12-26(2)21-3-4-22(29)24-23(21)30/h2-7,12,15,17H,8-11,13,16H2,1H3;9-10,15-16,21H,3-8,11-14H2,1-2H3,(H,24,29,30)/t17-;/m0./s1. The summed E-state index contributed by atoms with van der Waals surface area (Å²) in [5, 5.41) is 12.0. The van der Waals surface area contributed by atoms with Gasteiger partial charge in [-0.2, -0.15) is 5.26 Å². The second-order valence-electron chi connectivity index (χ2n) is 17.4. The van der Waals surface area contributed by atoms with Gasteiger partial charge in [0.15, 0.2) is 0 Å². The first-order valence-electron chi connectivity index (χ1n) is 20.8. The fourth-order valence-corrected chi connectivity index (χ4v) is 10.1. The number of nitrogens with zero attached hydrogens (tertiary/aromatic N) is 6. The molecule has 1 spiro atoms. The summed E-state index contributed by atoms with van der Waals surface area (Å²) < 4.78 is 0. The van der Waals surface area contributed by atoms with Crippen molar-refractivity contribution in [2.24, 2.45) is 11.3 Å². The maximum atomic E-state index is 12.2. The third-order valence-corrected chi connectivity index (χ3v) is 13.6. The zero-order valence-corrected chi connectivity index (χ0v) is 34.8. The number of amides is 2. The molecule has 2 atom stereocenters. The van der Waals surface area contributed by atoms with Crippen LogP contribution in [0.2, 0.25) is 5.02 Å². The van der Waals surface area contributed by atoms with Crippen LogP contribution in [0, 0.1) is 22.7 Å². The second kappa shape index (κ2) is 18.1. The molecule has 0 aromatic heterocycles. The maximum absolute atomic E-state index is 12.2. The van der Waals surface area contributed by atoms with Gasteiger partial charge in [-0.25, -0.2) is 0 Å². The first-order valence-corrected chi connectivity index (χ1v) is 21.2. The number of nitrogens with one attached hydrogen (secondary N) is 1. The lowest BCUT2D eigenvalue weighted by Gasteiger charge is -2.40. The largest absolute Gasteiger partial charge is 0.371 e. The van der Waals surface area contributed by atoms with Gasteiger partial charge >= 0.3 is 0 Å². The number of piperidine rings is 3. The van der Waals surface area contributed by atoms with Crippen molar-refractivity contribution < 1.29 is 19.2 Å². The number of likely N-dealkylation sites (N-methyl/N-ethyl adjacent to an activating group) is 1. The van der Waals surface area contributed by atoms with Crippen LogP contribution < -0.4 is 15.1 Å². The van der Waals surface area contributed by atoms with Gasteiger partial charge in [0.25, 0.3) is 0 Å². The molecule has 4 fully saturated rings. The average Bonchev–Trinajstić information content (AvgIpc) is 3.77. The fourth-order valence-electron chi connectivity index (χ4n) is 9.86. The lowest BCUT2D eigenvalue weighted by Crippen LogP contribution is -2.51. The molecule has 4 saturated heterocycles. The van der Waals surface area contributed by atoms with Crippen molar-refractivity contribution in [2.75, 3.05) is 63.2 Å². The predicted octanol–water partition coefficient (Wildman–Crippen LogP) is 6.30. The highest BCUT2D eigenvalue weighted by molar-refractivity contribution is 6.32. The molecular weight excluding hydrogens is 750 g/mol. The summed E-state index contributed by atoms with van der Waals surface area (Å²) >= 11 is 6.26. The number of halogens is 1. The third-order valence-electron chi connectivity index (χ3n) is 13.3. The van der Waals surface area contributed by atoms with Crippen molar-refractivity contribution in [3.63, 3.8) is 0 Å². The van der Waals surface area contributed by atoms with Crippen LogP contribution in [0.25, 0.3) is 0 Å². The van der Waals surface area contributed by atoms with Gasteiger partial charge in [-0.05, 0) is 149 Å². The summed E-state index contributed by atoms with van der Waals surface area (Å²) in [4.78, 5) is 57.9. The number of aldehydes is 2. The molecule has 1 unspecified atom stereocenters. The normalized spacial score (nSPS) is 22.3. The number of hydrogen-bond donors (Lipinski definition) is 1. The number of imide groups is 1. The molecule has 3 aromatic carbocycles. The highest BCUT2D eigenvalue weighted by atomic mass is 35.5. The van der Waals surface area contributed by atoms with Crippen LogP contribution in [0.5, 0.6) is 0 Å². The van der Waals surface area contributed by atoms with E-state index < -0.39 is 0 Å². The molecule has 5 heterocycles. The molecule has 2 amide bonds. The van der Waals surface area contributed by atoms with Gasteiger partial charge in [-0.3, -0.25) is 34.3 Å². The fraction of sp³-hybridized carbons (Fsp3) is 0.500. The van der Waals surface area contributed by atoms with Crippen LogP contribution in [0.3, 0.4) is 0 Å². The van der Waals surface area contributed by atoms with E-state index >= 15 is 0 Å². The molecule has 5 aliphatic rings. The second-order valence-corrected chi connectivity index (χ2v) is 17.8. The van der Waals surface area contributed by atoms with Gasteiger partial charge in [0.2, 0.25) is 11.8 Å². The molecule has 58 heavy (non-hydrogen) atoms. The third kappa shape index (κ3) is 9.47. The van der Waals surface area contributed by atoms with Gasteiger partial charge < -0.3 is 14.7 Å². The molecular formula is C46H56ClN7O4. The number of hydrogen-bond acceptors (Lipinski definition) is 10. The predicted molar refractivity (Wildman–Crippen MR) is 227 cm³/mol. The van der Waals surface area contributed by atoms with Crippen LogP contribution >= 0.6 is 11.6 Å². The Morgan fingerprint density at radius 1 is 0.931 bits per heavy atom. The summed E-state index contributed by atoms with van der Waals surface area (Å²) in [5.74, 6) is 0.298. The molecule has 11 nitrogen and oxygen atoms in total. The van der Waals surface area contributed by atoms with E-state index in [9.17, 15) is 19.2 Å². The Kier molecular flexibility index (Phi) is 13.0. The zero-order chi connectivity index (χ0) is 41.0. The Labute approximate surface area is 347 Å². The minimum absolute atomic E-state index is 0.208. The number of benzene rings is 3. The molecule has 5 aliphatic heterocycles. The monoisotopic (exact) mass is 805 g/mol. The molecule has 0 bridgehead atoms. The minimum Gasteiger partial charge on any atom is -0.371 e. The van der Waals surface area contributed by atoms with E-state index in [4.69, 9.17) is 16.9 Å². The number of carbonyl (C=O) groups excluding carboxylic acids is 4. The molecule has 3 aromatic rings. The Morgan fingerprint density at radius 2 is 1.62 bits per heavy atom. The van der Waals surface area contributed by atoms with Crippen molar-refractivity contribution in [1.82, 2.24) is 20.0 Å². The Bertz CT molecular complexity index is 2030. The van der Waals surface area contributed by atoms with Crippen LogP contribution in [0.4, 0.5) is 11.4 Å². The van der Waals surface area contributed by atoms with Crippen molar-refractivity contribution in [3.8, 4) is 6.07 Å². The van der Waals surface area contributed by atoms with Crippen molar-refractivity contribution >= 4 is 47.4 Å². The van der Waals surface area contributed by atoms with Gasteiger partial charge in [0, 0.05) is 80.8 Å². The van der Waals surface area contributed by atoms with E-state index in [2.05, 4.69) is 51.0 Å². The lowest BCUT2D eigenvalue weighted by atomic mass is 9.76. The smallest absolute Gasteiger partial charge is 0.243 e. The average molecular weight is 806 g/mol. The molecule has 12 heteroatoms. The van der Waals surface area contributed by atoms with E-state index in [1.807, 2.05) is 60.5 Å². The maximum Gasteiger partial charge on any atom is 0.243 e. The molecule has 8 rings (SSSR count). The van der Waals surface area contributed by atoms with Crippen LogP contribution in [0.1, 0.15) is 94.8 Å². The van der Waals surface area contributed by atoms with Crippen molar-refractivity contribution in [1.29, 1.82) is 5.26 Å². The van der Waals surface area contributed by atoms with E-state index in [1.54, 1.807) is 0 Å². The quantitative estimate of drug-likeness (QED) is 0.195. The first-order chi connectivity index (χ1) is 28.0. The summed E-state index contributed by atoms with van der Waals surface area (Å²) in [6.45, 7) is 11.2. The van der Waals surface area contributed by atoms with Gasteiger partial charge in [0.1, 0.15) is 18.6 Å². The number of nitriles is 1. The SMILES string of the molecule is CN1CCC(CN2Cc3cc(C=O)c(CN(C)C4CCC(=O)NC4=O)cc3C2)CC1.C[C@H]1CC2(CCN(c3ccc(C=O)cc3)CC2)CN1c1ccc(C#N)c(Cl)c1. The Hall–Kier alpha value is -4.60. The summed E-state index contributed by atoms with van der Waals surface area (Å²) in [5.41, 5.74) is 8.09. The molecule has 0 saturated carbocycles. The molecule has 0 radical (unpaired) electrons. The molecule has 306 valence electrons. The number of anilines is 2. The van der Waals surface area contributed by atoms with Gasteiger partial charge in [-0.15, -0.1) is 0 Å². The Balaban J connectivity index is 0.000000177. The van der Waals surface area contributed by atoms with Crippen LogP contribution in [0.15, 0.2) is 54.6 Å². The van der Waals surface area contributed by atoms with Gasteiger partial charge in [0.05, 0.1) is 16.6 Å². The van der Waals surface area contributed by atoms with E-state index in [1.165, 1.54) is 49.2 Å². The van der Waals surface area contributed by atoms with Crippen LogP contribution in [-0.4, -0.2) is 105 Å². The first kappa shape index (κ1) is 41.6. The van der Waals surface area contributed by atoms with E-state index in [0.29, 0.717) is 47.0 Å². The zero-order valence-electron chi connectivity index (χ0n) is 34.1. The number of carbonyl (C=O) groups is 4. The number of rotatable bonds is 9. The summed E-state index contributed by atoms with van der Waals surface area (Å²) in [6, 6.07) is 20.1. The van der Waals surface area contributed by atoms with Crippen molar-refractivity contribution in [2.45, 2.75) is 83.6 Å². The van der Waals surface area contributed by atoms with Crippen LogP contribution in [-0.2, 0) is 29.2 Å².